The normalized spacial score (nSPS) is 12.5. The van der Waals surface area contributed by atoms with E-state index in [1.807, 2.05) is 13.8 Å². The largest absolute Gasteiger partial charge is 0.506 e. The number of aryl methyl sites for hydroxylation is 1. The van der Waals surface area contributed by atoms with Crippen molar-refractivity contribution >= 4 is 34.3 Å². The van der Waals surface area contributed by atoms with Crippen molar-refractivity contribution in [3.8, 4) is 11.5 Å². The predicted octanol–water partition coefficient (Wildman–Crippen LogP) is 2.71. The molecule has 8 heteroatoms. The van der Waals surface area contributed by atoms with E-state index in [-0.39, 0.29) is 58.5 Å². The molecule has 1 aromatic carbocycles. The van der Waals surface area contributed by atoms with Crippen molar-refractivity contribution in [2.24, 2.45) is 0 Å². The average Bonchev–Trinajstić information content (AvgIpc) is 3.01. The molecule has 2 heterocycles. The zero-order valence-corrected chi connectivity index (χ0v) is 15.6. The van der Waals surface area contributed by atoms with Gasteiger partial charge in [0.1, 0.15) is 29.6 Å². The molecule has 0 amide bonds. The monoisotopic (exact) mass is 383 g/mol. The Labute approximate surface area is 156 Å². The van der Waals surface area contributed by atoms with Gasteiger partial charge in [0.25, 0.3) is 0 Å². The molecule has 0 radical (unpaired) electrons. The molecule has 0 saturated heterocycles. The SMILES string of the molecule is Cc1cc(=O)c2c(O)c3ccoc3c(OCC(O)CNC(C)C)c2o1.Cl. The molecule has 3 rings (SSSR count). The van der Waals surface area contributed by atoms with Crippen molar-refractivity contribution in [2.75, 3.05) is 13.2 Å². The van der Waals surface area contributed by atoms with E-state index in [1.165, 1.54) is 12.3 Å². The Hall–Kier alpha value is -2.22. The lowest BCUT2D eigenvalue weighted by Crippen LogP contribution is -2.35. The van der Waals surface area contributed by atoms with Crippen LogP contribution in [0, 0.1) is 6.92 Å². The second-order valence-electron chi connectivity index (χ2n) is 6.29. The standard InChI is InChI=1S/C18H21NO6.ClH/c1-9(2)19-7-11(20)8-24-18-16-12(4-5-23-16)15(22)14-13(21)6-10(3)25-17(14)18;/h4-6,9,11,19-20,22H,7-8H2,1-3H3;1H. The highest BCUT2D eigenvalue weighted by Gasteiger charge is 2.22. The van der Waals surface area contributed by atoms with Crippen molar-refractivity contribution in [1.29, 1.82) is 0 Å². The fourth-order valence-electron chi connectivity index (χ4n) is 2.64. The first-order valence-corrected chi connectivity index (χ1v) is 8.09. The van der Waals surface area contributed by atoms with E-state index in [0.717, 1.165) is 0 Å². The van der Waals surface area contributed by atoms with Gasteiger partial charge in [-0.3, -0.25) is 4.79 Å². The molecule has 26 heavy (non-hydrogen) atoms. The number of aliphatic hydroxyl groups excluding tert-OH is 1. The number of aromatic hydroxyl groups is 1. The van der Waals surface area contributed by atoms with Crippen LogP contribution < -0.4 is 15.5 Å². The third-order valence-corrected chi connectivity index (χ3v) is 3.82. The molecule has 0 spiro atoms. The minimum Gasteiger partial charge on any atom is -0.506 e. The second-order valence-corrected chi connectivity index (χ2v) is 6.29. The number of phenols is 1. The molecule has 0 fully saturated rings. The van der Waals surface area contributed by atoms with E-state index in [4.69, 9.17) is 13.6 Å². The van der Waals surface area contributed by atoms with Crippen LogP contribution in [0.15, 0.2) is 32.0 Å². The molecule has 1 atom stereocenters. The molecule has 1 unspecified atom stereocenters. The van der Waals surface area contributed by atoms with Gasteiger partial charge in [0.15, 0.2) is 16.6 Å². The van der Waals surface area contributed by atoms with Crippen molar-refractivity contribution < 1.29 is 23.8 Å². The smallest absolute Gasteiger partial charge is 0.206 e. The van der Waals surface area contributed by atoms with E-state index in [0.29, 0.717) is 17.7 Å². The van der Waals surface area contributed by atoms with Gasteiger partial charge >= 0.3 is 0 Å². The van der Waals surface area contributed by atoms with Gasteiger partial charge in [-0.05, 0) is 13.0 Å². The minimum atomic E-state index is -0.757. The Morgan fingerprint density at radius 2 is 2.04 bits per heavy atom. The Bertz CT molecular complexity index is 962. The van der Waals surface area contributed by atoms with E-state index < -0.39 is 6.10 Å². The lowest BCUT2D eigenvalue weighted by atomic mass is 10.1. The maximum atomic E-state index is 12.3. The lowest BCUT2D eigenvalue weighted by molar-refractivity contribution is 0.105. The number of phenolic OH excluding ortho intramolecular Hbond substituents is 1. The quantitative estimate of drug-likeness (QED) is 0.601. The van der Waals surface area contributed by atoms with Crippen molar-refractivity contribution in [2.45, 2.75) is 32.9 Å². The zero-order valence-electron chi connectivity index (χ0n) is 14.7. The topological polar surface area (TPSA) is 105 Å². The van der Waals surface area contributed by atoms with Crippen LogP contribution in [-0.2, 0) is 0 Å². The van der Waals surface area contributed by atoms with Crippen molar-refractivity contribution in [3.05, 3.63) is 34.4 Å². The average molecular weight is 384 g/mol. The molecule has 0 aliphatic rings. The van der Waals surface area contributed by atoms with E-state index >= 15 is 0 Å². The van der Waals surface area contributed by atoms with Crippen LogP contribution in [0.1, 0.15) is 19.6 Å². The summed E-state index contributed by atoms with van der Waals surface area (Å²) in [6.45, 7) is 5.93. The number of halogens is 1. The summed E-state index contributed by atoms with van der Waals surface area (Å²) in [7, 11) is 0. The van der Waals surface area contributed by atoms with E-state index in [2.05, 4.69) is 5.32 Å². The maximum absolute atomic E-state index is 12.3. The minimum absolute atomic E-state index is 0. The van der Waals surface area contributed by atoms with Crippen LogP contribution in [0.5, 0.6) is 11.5 Å². The van der Waals surface area contributed by atoms with E-state index in [1.54, 1.807) is 13.0 Å². The number of ether oxygens (including phenoxy) is 1. The highest BCUT2D eigenvalue weighted by Crippen LogP contribution is 2.41. The molecule has 7 nitrogen and oxygen atoms in total. The summed E-state index contributed by atoms with van der Waals surface area (Å²) in [5, 5.41) is 23.9. The van der Waals surface area contributed by atoms with Crippen LogP contribution in [0.2, 0.25) is 0 Å². The first kappa shape index (κ1) is 20.1. The summed E-state index contributed by atoms with van der Waals surface area (Å²) < 4.78 is 16.7. The molecule has 0 aliphatic carbocycles. The Balaban J connectivity index is 0.00000243. The van der Waals surface area contributed by atoms with Gasteiger partial charge in [0.2, 0.25) is 5.75 Å². The van der Waals surface area contributed by atoms with Gasteiger partial charge < -0.3 is 29.1 Å². The molecule has 0 aliphatic heterocycles. The van der Waals surface area contributed by atoms with E-state index in [9.17, 15) is 15.0 Å². The molecular formula is C18H22ClNO6. The fourth-order valence-corrected chi connectivity index (χ4v) is 2.64. The van der Waals surface area contributed by atoms with Gasteiger partial charge in [-0.15, -0.1) is 12.4 Å². The first-order valence-electron chi connectivity index (χ1n) is 8.09. The number of nitrogens with one attached hydrogen (secondary N) is 1. The Morgan fingerprint density at radius 1 is 1.31 bits per heavy atom. The summed E-state index contributed by atoms with van der Waals surface area (Å²) >= 11 is 0. The fraction of sp³-hybridized carbons (Fsp3) is 0.389. The molecule has 2 aromatic heterocycles. The number of hydrogen-bond acceptors (Lipinski definition) is 7. The molecule has 3 N–H and O–H groups in total. The Kier molecular flexibility index (Phi) is 6.17. The van der Waals surface area contributed by atoms with Crippen LogP contribution in [0.4, 0.5) is 0 Å². The van der Waals surface area contributed by atoms with Gasteiger partial charge in [0.05, 0.1) is 11.6 Å². The number of fused-ring (bicyclic) bond motifs is 2. The zero-order chi connectivity index (χ0) is 18.1. The number of furan rings is 1. The summed E-state index contributed by atoms with van der Waals surface area (Å²) in [6.07, 6.45) is 0.636. The summed E-state index contributed by atoms with van der Waals surface area (Å²) in [5.41, 5.74) is 0.00274. The van der Waals surface area contributed by atoms with Crippen LogP contribution in [0.3, 0.4) is 0 Å². The van der Waals surface area contributed by atoms with Gasteiger partial charge in [-0.2, -0.15) is 0 Å². The number of rotatable bonds is 6. The Morgan fingerprint density at radius 3 is 2.73 bits per heavy atom. The van der Waals surface area contributed by atoms with Crippen LogP contribution in [-0.4, -0.2) is 35.5 Å². The first-order chi connectivity index (χ1) is 11.9. The lowest BCUT2D eigenvalue weighted by Gasteiger charge is -2.16. The third kappa shape index (κ3) is 3.80. The van der Waals surface area contributed by atoms with Gasteiger partial charge in [-0.25, -0.2) is 0 Å². The molecular weight excluding hydrogens is 362 g/mol. The number of aliphatic hydroxyl groups is 1. The van der Waals surface area contributed by atoms with Crippen molar-refractivity contribution in [3.63, 3.8) is 0 Å². The third-order valence-electron chi connectivity index (χ3n) is 3.82. The summed E-state index contributed by atoms with van der Waals surface area (Å²) in [5.74, 6) is 0.369. The second kappa shape index (κ2) is 7.99. The molecule has 0 bridgehead atoms. The highest BCUT2D eigenvalue weighted by atomic mass is 35.5. The van der Waals surface area contributed by atoms with Crippen LogP contribution in [0.25, 0.3) is 21.9 Å². The molecule has 0 saturated carbocycles. The summed E-state index contributed by atoms with van der Waals surface area (Å²) in [6, 6.07) is 3.09. The van der Waals surface area contributed by atoms with Gasteiger partial charge in [-0.1, -0.05) is 13.8 Å². The number of hydrogen-bond donors (Lipinski definition) is 3. The summed E-state index contributed by atoms with van der Waals surface area (Å²) in [4.78, 5) is 12.3. The highest BCUT2D eigenvalue weighted by molar-refractivity contribution is 6.06. The number of benzene rings is 1. The predicted molar refractivity (Wildman–Crippen MR) is 101 cm³/mol. The molecule has 3 aromatic rings. The maximum Gasteiger partial charge on any atom is 0.206 e. The van der Waals surface area contributed by atoms with Gasteiger partial charge in [0, 0.05) is 18.7 Å². The molecule has 142 valence electrons. The van der Waals surface area contributed by atoms with Crippen LogP contribution >= 0.6 is 12.4 Å². The van der Waals surface area contributed by atoms with Crippen molar-refractivity contribution in [1.82, 2.24) is 5.32 Å².